The third-order valence-corrected chi connectivity index (χ3v) is 4.28. The fraction of sp³-hybridized carbons (Fsp3) is 0.0769. The van der Waals surface area contributed by atoms with Crippen LogP contribution in [0.4, 0.5) is 11.4 Å². The zero-order valence-corrected chi connectivity index (χ0v) is 13.6. The molecule has 2 N–H and O–H groups in total. The maximum atomic E-state index is 12.3. The average Bonchev–Trinajstić information content (AvgIpc) is 2.36. The topological polar surface area (TPSA) is 88.2 Å². The molecule has 0 saturated carbocycles. The fourth-order valence-corrected chi connectivity index (χ4v) is 3.16. The number of nitrogens with one attached hydrogen (secondary N) is 2. The summed E-state index contributed by atoms with van der Waals surface area (Å²) in [5.41, 5.74) is 0.706. The van der Waals surface area contributed by atoms with Crippen LogP contribution >= 0.6 is 23.2 Å². The van der Waals surface area contributed by atoms with Crippen LogP contribution in [0.1, 0.15) is 6.92 Å². The number of hydrogen-bond donors (Lipinski definition) is 2. The van der Waals surface area contributed by atoms with Gasteiger partial charge in [-0.05, 0) is 36.4 Å². The van der Waals surface area contributed by atoms with Gasteiger partial charge in [-0.15, -0.1) is 0 Å². The number of carbonyl (C=O) groups excluding carboxylic acids is 1. The van der Waals surface area contributed by atoms with E-state index in [1.54, 1.807) is 0 Å². The van der Waals surface area contributed by atoms with Crippen molar-refractivity contribution < 1.29 is 13.2 Å². The average molecular weight is 360 g/mol. The summed E-state index contributed by atoms with van der Waals surface area (Å²) in [6.07, 6.45) is 0. The van der Waals surface area contributed by atoms with Gasteiger partial charge >= 0.3 is 0 Å². The standard InChI is InChI=1S/C13H11Cl2N3O3S/c1-8(19)16-9-2-4-11(5-3-9)22(20,21)18-10-6-12(14)17-13(15)7-10/h2-7H,1H3,(H,16,19)(H,17,18). The molecule has 0 aliphatic heterocycles. The van der Waals surface area contributed by atoms with Gasteiger partial charge in [0.1, 0.15) is 10.3 Å². The second kappa shape index (κ2) is 6.51. The molecule has 0 radical (unpaired) electrons. The maximum absolute atomic E-state index is 12.3. The maximum Gasteiger partial charge on any atom is 0.261 e. The molecule has 0 saturated heterocycles. The molecule has 0 aliphatic rings. The predicted molar refractivity (Wildman–Crippen MR) is 85.8 cm³/mol. The Labute approximate surface area is 137 Å². The van der Waals surface area contributed by atoms with Gasteiger partial charge in [-0.3, -0.25) is 9.52 Å². The van der Waals surface area contributed by atoms with Gasteiger partial charge < -0.3 is 5.32 Å². The molecule has 1 amide bonds. The van der Waals surface area contributed by atoms with Gasteiger partial charge in [-0.1, -0.05) is 23.2 Å². The molecule has 1 aromatic heterocycles. The smallest absolute Gasteiger partial charge is 0.261 e. The summed E-state index contributed by atoms with van der Waals surface area (Å²) in [5, 5.41) is 2.70. The summed E-state index contributed by atoms with van der Waals surface area (Å²) in [6.45, 7) is 1.36. The Morgan fingerprint density at radius 1 is 1.05 bits per heavy atom. The highest BCUT2D eigenvalue weighted by molar-refractivity contribution is 7.92. The summed E-state index contributed by atoms with van der Waals surface area (Å²) >= 11 is 11.4. The largest absolute Gasteiger partial charge is 0.326 e. The minimum atomic E-state index is -3.80. The number of nitrogens with zero attached hydrogens (tertiary/aromatic N) is 1. The number of carbonyl (C=O) groups is 1. The first-order valence-corrected chi connectivity index (χ1v) is 8.24. The highest BCUT2D eigenvalue weighted by Crippen LogP contribution is 2.22. The van der Waals surface area contributed by atoms with E-state index in [4.69, 9.17) is 23.2 Å². The molecular weight excluding hydrogens is 349 g/mol. The Bertz CT molecular complexity index is 788. The molecule has 0 spiro atoms. The molecule has 0 fully saturated rings. The van der Waals surface area contributed by atoms with E-state index in [0.717, 1.165) is 0 Å². The van der Waals surface area contributed by atoms with Crippen molar-refractivity contribution in [2.75, 3.05) is 10.0 Å². The number of hydrogen-bond acceptors (Lipinski definition) is 4. The van der Waals surface area contributed by atoms with Crippen LogP contribution in [0.25, 0.3) is 0 Å². The zero-order valence-electron chi connectivity index (χ0n) is 11.3. The number of sulfonamides is 1. The van der Waals surface area contributed by atoms with Gasteiger partial charge in [0.15, 0.2) is 0 Å². The van der Waals surface area contributed by atoms with E-state index in [-0.39, 0.29) is 26.8 Å². The number of halogens is 2. The van der Waals surface area contributed by atoms with E-state index in [0.29, 0.717) is 5.69 Å². The number of anilines is 2. The molecule has 6 nitrogen and oxygen atoms in total. The number of pyridine rings is 1. The lowest BCUT2D eigenvalue weighted by atomic mass is 10.3. The lowest BCUT2D eigenvalue weighted by molar-refractivity contribution is -0.114. The van der Waals surface area contributed by atoms with Crippen molar-refractivity contribution in [3.63, 3.8) is 0 Å². The molecular formula is C13H11Cl2N3O3S. The zero-order chi connectivity index (χ0) is 16.3. The SMILES string of the molecule is CC(=O)Nc1ccc(S(=O)(=O)Nc2cc(Cl)nc(Cl)c2)cc1. The molecule has 9 heteroatoms. The molecule has 0 atom stereocenters. The first kappa shape index (κ1) is 16.5. The number of benzene rings is 1. The van der Waals surface area contributed by atoms with Crippen LogP contribution in [0.3, 0.4) is 0 Å². The Kier molecular flexibility index (Phi) is 4.90. The minimum absolute atomic E-state index is 0.0330. The third-order valence-electron chi connectivity index (χ3n) is 2.50. The van der Waals surface area contributed by atoms with Crippen molar-refractivity contribution in [1.29, 1.82) is 0 Å². The Morgan fingerprint density at radius 2 is 1.59 bits per heavy atom. The summed E-state index contributed by atoms with van der Waals surface area (Å²) in [6, 6.07) is 8.41. The monoisotopic (exact) mass is 359 g/mol. The van der Waals surface area contributed by atoms with Crippen molar-refractivity contribution >= 4 is 50.5 Å². The van der Waals surface area contributed by atoms with Crippen LogP contribution in [-0.4, -0.2) is 19.3 Å². The lowest BCUT2D eigenvalue weighted by Crippen LogP contribution is -2.13. The molecule has 0 aliphatic carbocycles. The van der Waals surface area contributed by atoms with Crippen molar-refractivity contribution in [2.45, 2.75) is 11.8 Å². The van der Waals surface area contributed by atoms with Crippen LogP contribution in [0.5, 0.6) is 0 Å². The van der Waals surface area contributed by atoms with Crippen molar-refractivity contribution in [3.8, 4) is 0 Å². The van der Waals surface area contributed by atoms with Gasteiger partial charge in [-0.25, -0.2) is 13.4 Å². The Balaban J connectivity index is 2.24. The normalized spacial score (nSPS) is 11.0. The highest BCUT2D eigenvalue weighted by Gasteiger charge is 2.15. The minimum Gasteiger partial charge on any atom is -0.326 e. The predicted octanol–water partition coefficient (Wildman–Crippen LogP) is 3.15. The number of rotatable bonds is 4. The Hall–Kier alpha value is -1.83. The van der Waals surface area contributed by atoms with E-state index in [1.165, 1.54) is 43.3 Å². The summed E-state index contributed by atoms with van der Waals surface area (Å²) in [4.78, 5) is 14.7. The third kappa shape index (κ3) is 4.33. The van der Waals surface area contributed by atoms with Crippen molar-refractivity contribution in [1.82, 2.24) is 4.98 Å². The van der Waals surface area contributed by atoms with E-state index in [9.17, 15) is 13.2 Å². The number of amides is 1. The van der Waals surface area contributed by atoms with E-state index in [2.05, 4.69) is 15.0 Å². The highest BCUT2D eigenvalue weighted by atomic mass is 35.5. The summed E-state index contributed by atoms with van der Waals surface area (Å²) in [7, 11) is -3.80. The summed E-state index contributed by atoms with van der Waals surface area (Å²) < 4.78 is 26.9. The molecule has 2 rings (SSSR count). The van der Waals surface area contributed by atoms with Crippen molar-refractivity contribution in [3.05, 3.63) is 46.7 Å². The number of aromatic nitrogens is 1. The molecule has 116 valence electrons. The molecule has 0 bridgehead atoms. The first-order chi connectivity index (χ1) is 10.3. The van der Waals surface area contributed by atoms with Crippen LogP contribution in [0.15, 0.2) is 41.3 Å². The summed E-state index contributed by atoms with van der Waals surface area (Å²) in [5.74, 6) is -0.241. The van der Waals surface area contributed by atoms with Gasteiger partial charge in [0.25, 0.3) is 10.0 Å². The molecule has 2 aromatic rings. The second-order valence-electron chi connectivity index (χ2n) is 4.31. The lowest BCUT2D eigenvalue weighted by Gasteiger charge is -2.09. The van der Waals surface area contributed by atoms with E-state index in [1.807, 2.05) is 0 Å². The van der Waals surface area contributed by atoms with E-state index >= 15 is 0 Å². The molecule has 22 heavy (non-hydrogen) atoms. The quantitative estimate of drug-likeness (QED) is 0.820. The van der Waals surface area contributed by atoms with E-state index < -0.39 is 10.0 Å². The second-order valence-corrected chi connectivity index (χ2v) is 6.77. The van der Waals surface area contributed by atoms with Gasteiger partial charge in [0.2, 0.25) is 5.91 Å². The fourth-order valence-electron chi connectivity index (χ4n) is 1.66. The van der Waals surface area contributed by atoms with Crippen LogP contribution in [0, 0.1) is 0 Å². The molecule has 0 unspecified atom stereocenters. The van der Waals surface area contributed by atoms with Crippen LogP contribution in [0.2, 0.25) is 10.3 Å². The molecule has 1 heterocycles. The van der Waals surface area contributed by atoms with Gasteiger partial charge in [0.05, 0.1) is 10.6 Å². The van der Waals surface area contributed by atoms with Crippen LogP contribution in [-0.2, 0) is 14.8 Å². The Morgan fingerprint density at radius 3 is 2.09 bits per heavy atom. The van der Waals surface area contributed by atoms with Gasteiger partial charge in [0, 0.05) is 12.6 Å². The van der Waals surface area contributed by atoms with Crippen molar-refractivity contribution in [2.24, 2.45) is 0 Å². The molecule has 1 aromatic carbocycles. The first-order valence-electron chi connectivity index (χ1n) is 6.00. The van der Waals surface area contributed by atoms with Crippen LogP contribution < -0.4 is 10.0 Å². The van der Waals surface area contributed by atoms with Gasteiger partial charge in [-0.2, -0.15) is 0 Å².